The second kappa shape index (κ2) is 8.09. The lowest BCUT2D eigenvalue weighted by Gasteiger charge is -2.19. The molecule has 0 spiro atoms. The third-order valence-corrected chi connectivity index (χ3v) is 6.30. The van der Waals surface area contributed by atoms with Crippen molar-refractivity contribution < 1.29 is 13.2 Å². The Bertz CT molecular complexity index is 1160. The molecule has 5 nitrogen and oxygen atoms in total. The molecule has 0 saturated heterocycles. The number of nitrogens with zero attached hydrogens (tertiary/aromatic N) is 2. The van der Waals surface area contributed by atoms with Crippen LogP contribution in [0.2, 0.25) is 0 Å². The Hall–Kier alpha value is -3.12. The molecule has 29 heavy (non-hydrogen) atoms. The molecule has 2 aromatic carbocycles. The molecule has 0 bridgehead atoms. The average molecular weight is 407 g/mol. The lowest BCUT2D eigenvalue weighted by atomic mass is 9.86. The summed E-state index contributed by atoms with van der Waals surface area (Å²) in [5, 5.41) is 0. The second-order valence-electron chi connectivity index (χ2n) is 6.86. The first-order valence-electron chi connectivity index (χ1n) is 9.17. The van der Waals surface area contributed by atoms with Crippen molar-refractivity contribution in [2.24, 2.45) is 9.39 Å². The van der Waals surface area contributed by atoms with Crippen molar-refractivity contribution in [1.82, 2.24) is 0 Å². The number of benzene rings is 2. The topological polar surface area (TPSA) is 75.9 Å². The van der Waals surface area contributed by atoms with Gasteiger partial charge in [-0.2, -0.15) is 8.42 Å². The van der Waals surface area contributed by atoms with Crippen LogP contribution < -0.4 is 0 Å². The first-order valence-corrected chi connectivity index (χ1v) is 10.6. The standard InChI is InChI=1S/C23H22N2O3S/c1-15-17(3)22(26)18(4)16(2)21(15)24-23(19-11-7-5-8-12-19)25-29(27,28)20-13-9-6-10-14-20/h5-14H,1-4H3/b25-23+. The number of allylic oxidation sites excluding steroid dienone is 4. The number of sulfonamides is 1. The van der Waals surface area contributed by atoms with Crippen LogP contribution in [0.25, 0.3) is 0 Å². The highest BCUT2D eigenvalue weighted by atomic mass is 32.2. The number of Topliss-reactive ketones (excluding diaryl/α,β-unsaturated/α-hetero) is 1. The van der Waals surface area contributed by atoms with Gasteiger partial charge in [0.2, 0.25) is 0 Å². The zero-order valence-electron chi connectivity index (χ0n) is 16.8. The van der Waals surface area contributed by atoms with Crippen LogP contribution >= 0.6 is 0 Å². The van der Waals surface area contributed by atoms with Gasteiger partial charge in [0.05, 0.1) is 10.6 Å². The maximum Gasteiger partial charge on any atom is 0.284 e. The van der Waals surface area contributed by atoms with Crippen LogP contribution in [0.3, 0.4) is 0 Å². The molecular weight excluding hydrogens is 384 g/mol. The van der Waals surface area contributed by atoms with Gasteiger partial charge in [-0.1, -0.05) is 48.5 Å². The van der Waals surface area contributed by atoms with Crippen molar-refractivity contribution in [2.45, 2.75) is 32.6 Å². The summed E-state index contributed by atoms with van der Waals surface area (Å²) in [6.07, 6.45) is 0. The van der Waals surface area contributed by atoms with Crippen molar-refractivity contribution in [3.63, 3.8) is 0 Å². The molecule has 148 valence electrons. The van der Waals surface area contributed by atoms with Crippen molar-refractivity contribution in [1.29, 1.82) is 0 Å². The molecule has 0 aromatic heterocycles. The molecule has 0 atom stereocenters. The number of rotatable bonds is 3. The van der Waals surface area contributed by atoms with Crippen LogP contribution in [-0.2, 0) is 14.8 Å². The highest BCUT2D eigenvalue weighted by Gasteiger charge is 2.25. The zero-order valence-corrected chi connectivity index (χ0v) is 17.6. The molecule has 0 aliphatic heterocycles. The predicted octanol–water partition coefficient (Wildman–Crippen LogP) is 4.52. The maximum atomic E-state index is 12.9. The van der Waals surface area contributed by atoms with Gasteiger partial charge in [0.1, 0.15) is 0 Å². The third kappa shape index (κ3) is 4.17. The van der Waals surface area contributed by atoms with E-state index in [0.29, 0.717) is 22.4 Å². The summed E-state index contributed by atoms with van der Waals surface area (Å²) in [4.78, 5) is 17.1. The molecule has 0 unspecified atom stereocenters. The largest absolute Gasteiger partial charge is 0.289 e. The molecule has 0 saturated carbocycles. The van der Waals surface area contributed by atoms with E-state index in [2.05, 4.69) is 9.39 Å². The Morgan fingerprint density at radius 1 is 0.724 bits per heavy atom. The maximum absolute atomic E-state index is 12.9. The fourth-order valence-electron chi connectivity index (χ4n) is 3.02. The Balaban J connectivity index is 2.24. The molecule has 1 aliphatic carbocycles. The van der Waals surface area contributed by atoms with Gasteiger partial charge in [-0.25, -0.2) is 4.99 Å². The summed E-state index contributed by atoms with van der Waals surface area (Å²) in [5.74, 6) is 0.0622. The molecule has 1 aliphatic rings. The quantitative estimate of drug-likeness (QED) is 0.427. The molecule has 0 fully saturated rings. The summed E-state index contributed by atoms with van der Waals surface area (Å²) in [5.41, 5.74) is 3.80. The second-order valence-corrected chi connectivity index (χ2v) is 8.46. The average Bonchev–Trinajstić information content (AvgIpc) is 2.74. The molecule has 0 heterocycles. The molecule has 0 radical (unpaired) electrons. The SMILES string of the molecule is CC1=C(C)C(=N/C(=N/S(=O)(=O)c2ccccc2)c2ccccc2)C(C)=C(C)C1=O. The van der Waals surface area contributed by atoms with Crippen LogP contribution in [-0.4, -0.2) is 25.7 Å². The van der Waals surface area contributed by atoms with E-state index in [-0.39, 0.29) is 16.5 Å². The summed E-state index contributed by atoms with van der Waals surface area (Å²) < 4.78 is 29.8. The number of carbonyl (C=O) groups excluding carboxylic acids is 1. The van der Waals surface area contributed by atoms with Gasteiger partial charge in [-0.15, -0.1) is 4.40 Å². The first kappa shape index (κ1) is 20.6. The van der Waals surface area contributed by atoms with E-state index >= 15 is 0 Å². The number of ketones is 1. The lowest BCUT2D eigenvalue weighted by Crippen LogP contribution is -2.21. The highest BCUT2D eigenvalue weighted by Crippen LogP contribution is 2.26. The fourth-order valence-corrected chi connectivity index (χ4v) is 4.00. The number of hydrogen-bond acceptors (Lipinski definition) is 3. The minimum Gasteiger partial charge on any atom is -0.289 e. The van der Waals surface area contributed by atoms with Gasteiger partial charge in [0, 0.05) is 16.7 Å². The van der Waals surface area contributed by atoms with E-state index in [0.717, 1.165) is 11.1 Å². The number of carbonyl (C=O) groups is 1. The fraction of sp³-hybridized carbons (Fsp3) is 0.174. The van der Waals surface area contributed by atoms with E-state index < -0.39 is 10.0 Å². The number of aliphatic imine (C=N–C) groups is 1. The van der Waals surface area contributed by atoms with Gasteiger partial charge in [0.25, 0.3) is 10.0 Å². The third-order valence-electron chi connectivity index (χ3n) is 5.01. The molecule has 2 aromatic rings. The van der Waals surface area contributed by atoms with Crippen molar-refractivity contribution in [3.8, 4) is 0 Å². The monoisotopic (exact) mass is 406 g/mol. The molecular formula is C23H22N2O3S. The molecule has 3 rings (SSSR count). The normalized spacial score (nSPS) is 15.8. The van der Waals surface area contributed by atoms with Crippen molar-refractivity contribution in [2.75, 3.05) is 0 Å². The number of hydrogen-bond donors (Lipinski definition) is 0. The zero-order chi connectivity index (χ0) is 21.2. The van der Waals surface area contributed by atoms with E-state index in [1.807, 2.05) is 19.9 Å². The highest BCUT2D eigenvalue weighted by molar-refractivity contribution is 7.90. The van der Waals surface area contributed by atoms with Crippen LogP contribution in [0.1, 0.15) is 33.3 Å². The number of amidine groups is 1. The summed E-state index contributed by atoms with van der Waals surface area (Å²) in [6.45, 7) is 7.14. The minimum atomic E-state index is -3.95. The minimum absolute atomic E-state index is 0.0194. The molecule has 0 amide bonds. The first-order chi connectivity index (χ1) is 13.7. The van der Waals surface area contributed by atoms with Gasteiger partial charge < -0.3 is 0 Å². The molecule has 6 heteroatoms. The summed E-state index contributed by atoms with van der Waals surface area (Å²) in [7, 11) is -3.95. The van der Waals surface area contributed by atoms with E-state index in [4.69, 9.17) is 0 Å². The van der Waals surface area contributed by atoms with Crippen LogP contribution in [0.5, 0.6) is 0 Å². The van der Waals surface area contributed by atoms with Crippen LogP contribution in [0.15, 0.2) is 97.2 Å². The van der Waals surface area contributed by atoms with Gasteiger partial charge in [-0.05, 0) is 51.0 Å². The Morgan fingerprint density at radius 3 is 1.72 bits per heavy atom. The van der Waals surface area contributed by atoms with Crippen LogP contribution in [0, 0.1) is 0 Å². The lowest BCUT2D eigenvalue weighted by molar-refractivity contribution is -0.112. The predicted molar refractivity (Wildman–Crippen MR) is 116 cm³/mol. The van der Waals surface area contributed by atoms with Crippen molar-refractivity contribution >= 4 is 27.4 Å². The van der Waals surface area contributed by atoms with Crippen molar-refractivity contribution in [3.05, 3.63) is 88.5 Å². The molecule has 0 N–H and O–H groups in total. The van der Waals surface area contributed by atoms with Crippen LogP contribution in [0.4, 0.5) is 0 Å². The van der Waals surface area contributed by atoms with Gasteiger partial charge in [-0.3, -0.25) is 4.79 Å². The van der Waals surface area contributed by atoms with E-state index in [1.54, 1.807) is 56.3 Å². The Kier molecular flexibility index (Phi) is 5.75. The summed E-state index contributed by atoms with van der Waals surface area (Å²) in [6, 6.07) is 17.0. The Labute approximate surface area is 171 Å². The van der Waals surface area contributed by atoms with Gasteiger partial charge >= 0.3 is 0 Å². The smallest absolute Gasteiger partial charge is 0.284 e. The summed E-state index contributed by atoms with van der Waals surface area (Å²) >= 11 is 0. The van der Waals surface area contributed by atoms with E-state index in [9.17, 15) is 13.2 Å². The van der Waals surface area contributed by atoms with E-state index in [1.165, 1.54) is 12.1 Å². The van der Waals surface area contributed by atoms with Gasteiger partial charge in [0.15, 0.2) is 11.6 Å². The Morgan fingerprint density at radius 2 is 1.21 bits per heavy atom.